The van der Waals surface area contributed by atoms with E-state index in [1.54, 1.807) is 31.4 Å². The highest BCUT2D eigenvalue weighted by molar-refractivity contribution is 5.97. The Bertz CT molecular complexity index is 516. The molecule has 2 amide bonds. The second-order valence-corrected chi connectivity index (χ2v) is 5.81. The van der Waals surface area contributed by atoms with Gasteiger partial charge < -0.3 is 21.1 Å². The molecule has 6 heteroatoms. The Kier molecular flexibility index (Phi) is 5.51. The van der Waals surface area contributed by atoms with Crippen LogP contribution in [0.3, 0.4) is 0 Å². The minimum Gasteiger partial charge on any atom is -0.384 e. The molecular weight excluding hydrogens is 282 g/mol. The maximum atomic E-state index is 12.2. The van der Waals surface area contributed by atoms with Crippen molar-refractivity contribution in [3.63, 3.8) is 0 Å². The number of ether oxygens (including phenoxy) is 1. The fourth-order valence-electron chi connectivity index (χ4n) is 2.79. The first kappa shape index (κ1) is 16.5. The van der Waals surface area contributed by atoms with Crippen LogP contribution in [0.15, 0.2) is 24.3 Å². The summed E-state index contributed by atoms with van der Waals surface area (Å²) in [5.41, 5.74) is 6.09. The molecule has 1 heterocycles. The van der Waals surface area contributed by atoms with E-state index in [4.69, 9.17) is 10.5 Å². The quantitative estimate of drug-likeness (QED) is 0.715. The van der Waals surface area contributed by atoms with Gasteiger partial charge in [0.15, 0.2) is 0 Å². The van der Waals surface area contributed by atoms with Gasteiger partial charge in [0.25, 0.3) is 5.91 Å². The van der Waals surface area contributed by atoms with E-state index in [-0.39, 0.29) is 11.3 Å². The molecule has 0 aliphatic carbocycles. The Morgan fingerprint density at radius 1 is 1.23 bits per heavy atom. The Morgan fingerprint density at radius 2 is 1.82 bits per heavy atom. The molecule has 1 aliphatic heterocycles. The van der Waals surface area contributed by atoms with E-state index in [0.717, 1.165) is 25.9 Å². The largest absolute Gasteiger partial charge is 0.384 e. The van der Waals surface area contributed by atoms with Crippen LogP contribution < -0.4 is 16.4 Å². The zero-order valence-electron chi connectivity index (χ0n) is 12.9. The predicted octanol–water partition coefficient (Wildman–Crippen LogP) is 0.531. The Hall–Kier alpha value is -1.92. The summed E-state index contributed by atoms with van der Waals surface area (Å²) < 4.78 is 5.33. The van der Waals surface area contributed by atoms with Crippen LogP contribution in [0, 0.1) is 5.41 Å². The van der Waals surface area contributed by atoms with Crippen molar-refractivity contribution in [3.05, 3.63) is 35.4 Å². The molecule has 0 bridgehead atoms. The minimum absolute atomic E-state index is 0.0111. The first-order valence-electron chi connectivity index (χ1n) is 7.44. The van der Waals surface area contributed by atoms with Gasteiger partial charge in [-0.05, 0) is 50.2 Å². The van der Waals surface area contributed by atoms with E-state index >= 15 is 0 Å². The van der Waals surface area contributed by atoms with Crippen LogP contribution in [-0.2, 0) is 4.74 Å². The van der Waals surface area contributed by atoms with Crippen molar-refractivity contribution in [2.45, 2.75) is 12.8 Å². The molecule has 4 N–H and O–H groups in total. The van der Waals surface area contributed by atoms with Crippen LogP contribution in [0.25, 0.3) is 0 Å². The molecule has 0 aromatic heterocycles. The van der Waals surface area contributed by atoms with E-state index in [1.807, 2.05) is 0 Å². The van der Waals surface area contributed by atoms with Gasteiger partial charge >= 0.3 is 0 Å². The molecule has 1 aromatic carbocycles. The lowest BCUT2D eigenvalue weighted by atomic mass is 9.79. The lowest BCUT2D eigenvalue weighted by Crippen LogP contribution is -2.47. The monoisotopic (exact) mass is 305 g/mol. The molecule has 2 rings (SSSR count). The van der Waals surface area contributed by atoms with Crippen LogP contribution >= 0.6 is 0 Å². The van der Waals surface area contributed by atoms with Gasteiger partial charge in [-0.3, -0.25) is 9.59 Å². The van der Waals surface area contributed by atoms with Gasteiger partial charge in [-0.15, -0.1) is 0 Å². The summed E-state index contributed by atoms with van der Waals surface area (Å²) in [6, 6.07) is 6.35. The lowest BCUT2D eigenvalue weighted by Gasteiger charge is -2.37. The van der Waals surface area contributed by atoms with Crippen LogP contribution in [-0.4, -0.2) is 45.2 Å². The smallest absolute Gasteiger partial charge is 0.251 e. The molecule has 1 saturated heterocycles. The van der Waals surface area contributed by atoms with Crippen molar-refractivity contribution in [1.82, 2.24) is 10.6 Å². The van der Waals surface area contributed by atoms with Gasteiger partial charge in [-0.1, -0.05) is 0 Å². The summed E-state index contributed by atoms with van der Waals surface area (Å²) in [4.78, 5) is 23.3. The van der Waals surface area contributed by atoms with Gasteiger partial charge in [0, 0.05) is 30.2 Å². The molecule has 0 saturated carbocycles. The Balaban J connectivity index is 1.97. The fourth-order valence-corrected chi connectivity index (χ4v) is 2.79. The first-order chi connectivity index (χ1) is 10.6. The highest BCUT2D eigenvalue weighted by atomic mass is 16.5. The number of benzene rings is 1. The van der Waals surface area contributed by atoms with Gasteiger partial charge in [0.05, 0.1) is 6.61 Å². The predicted molar refractivity (Wildman–Crippen MR) is 83.7 cm³/mol. The number of rotatable bonds is 6. The SMILES string of the molecule is COCC1(CNC(=O)c2ccc(C(N)=O)cc2)CCNCC1. The number of amides is 2. The molecule has 22 heavy (non-hydrogen) atoms. The molecule has 1 aromatic rings. The molecular formula is C16H23N3O3. The molecule has 0 radical (unpaired) electrons. The maximum absolute atomic E-state index is 12.2. The van der Waals surface area contributed by atoms with E-state index < -0.39 is 5.91 Å². The van der Waals surface area contributed by atoms with Gasteiger partial charge in [-0.25, -0.2) is 0 Å². The molecule has 0 spiro atoms. The van der Waals surface area contributed by atoms with Crippen molar-refractivity contribution < 1.29 is 14.3 Å². The maximum Gasteiger partial charge on any atom is 0.251 e. The number of hydrogen-bond acceptors (Lipinski definition) is 4. The molecule has 1 fully saturated rings. The third-order valence-corrected chi connectivity index (χ3v) is 4.17. The third-order valence-electron chi connectivity index (χ3n) is 4.17. The number of methoxy groups -OCH3 is 1. The molecule has 1 aliphatic rings. The minimum atomic E-state index is -0.499. The summed E-state index contributed by atoms with van der Waals surface area (Å²) in [6.45, 7) is 3.09. The molecule has 6 nitrogen and oxygen atoms in total. The van der Waals surface area contributed by atoms with Crippen LogP contribution in [0.2, 0.25) is 0 Å². The summed E-state index contributed by atoms with van der Waals surface area (Å²) in [6.07, 6.45) is 1.95. The van der Waals surface area contributed by atoms with Crippen molar-refractivity contribution >= 4 is 11.8 Å². The normalized spacial score (nSPS) is 17.0. The number of nitrogens with one attached hydrogen (secondary N) is 2. The fraction of sp³-hybridized carbons (Fsp3) is 0.500. The van der Waals surface area contributed by atoms with E-state index in [9.17, 15) is 9.59 Å². The van der Waals surface area contributed by atoms with E-state index in [2.05, 4.69) is 10.6 Å². The topological polar surface area (TPSA) is 93.4 Å². The van der Waals surface area contributed by atoms with Gasteiger partial charge in [0.1, 0.15) is 0 Å². The summed E-state index contributed by atoms with van der Waals surface area (Å²) in [5.74, 6) is -0.647. The summed E-state index contributed by atoms with van der Waals surface area (Å²) in [7, 11) is 1.69. The Morgan fingerprint density at radius 3 is 2.36 bits per heavy atom. The summed E-state index contributed by atoms with van der Waals surface area (Å²) in [5, 5.41) is 6.30. The van der Waals surface area contributed by atoms with Crippen LogP contribution in [0.1, 0.15) is 33.6 Å². The highest BCUT2D eigenvalue weighted by Gasteiger charge is 2.32. The summed E-state index contributed by atoms with van der Waals surface area (Å²) >= 11 is 0. The second-order valence-electron chi connectivity index (χ2n) is 5.81. The number of hydrogen-bond donors (Lipinski definition) is 3. The zero-order valence-corrected chi connectivity index (χ0v) is 12.9. The first-order valence-corrected chi connectivity index (χ1v) is 7.44. The number of primary amides is 1. The second kappa shape index (κ2) is 7.38. The van der Waals surface area contributed by atoms with E-state index in [0.29, 0.717) is 24.3 Å². The van der Waals surface area contributed by atoms with Gasteiger partial charge in [-0.2, -0.15) is 0 Å². The average molecular weight is 305 g/mol. The van der Waals surface area contributed by atoms with Crippen molar-refractivity contribution in [3.8, 4) is 0 Å². The highest BCUT2D eigenvalue weighted by Crippen LogP contribution is 2.28. The van der Waals surface area contributed by atoms with Gasteiger partial charge in [0.2, 0.25) is 5.91 Å². The van der Waals surface area contributed by atoms with Crippen LogP contribution in [0.5, 0.6) is 0 Å². The lowest BCUT2D eigenvalue weighted by molar-refractivity contribution is 0.0511. The van der Waals surface area contributed by atoms with Crippen LogP contribution in [0.4, 0.5) is 0 Å². The number of nitrogens with two attached hydrogens (primary N) is 1. The standard InChI is InChI=1S/C16H23N3O3/c1-22-11-16(6-8-18-9-7-16)10-19-15(21)13-4-2-12(3-5-13)14(17)20/h2-5,18H,6-11H2,1H3,(H2,17,20)(H,19,21). The number of carbonyl (C=O) groups excluding carboxylic acids is 2. The molecule has 0 atom stereocenters. The molecule has 0 unspecified atom stereocenters. The van der Waals surface area contributed by atoms with E-state index in [1.165, 1.54) is 0 Å². The van der Waals surface area contributed by atoms with Crippen molar-refractivity contribution in [2.75, 3.05) is 33.4 Å². The number of carbonyl (C=O) groups is 2. The molecule has 120 valence electrons. The third kappa shape index (κ3) is 4.05. The van der Waals surface area contributed by atoms with Crippen molar-refractivity contribution in [2.24, 2.45) is 11.1 Å². The van der Waals surface area contributed by atoms with Crippen molar-refractivity contribution in [1.29, 1.82) is 0 Å². The zero-order chi connectivity index (χ0) is 16.0. The average Bonchev–Trinajstić information content (AvgIpc) is 2.54. The number of piperidine rings is 1. The Labute approximate surface area is 130 Å².